The summed E-state index contributed by atoms with van der Waals surface area (Å²) in [5, 5.41) is 3.37. The van der Waals surface area contributed by atoms with E-state index in [4.69, 9.17) is 4.74 Å². The van der Waals surface area contributed by atoms with Crippen LogP contribution >= 0.6 is 15.9 Å². The van der Waals surface area contributed by atoms with Crippen LogP contribution in [0.15, 0.2) is 16.6 Å². The van der Waals surface area contributed by atoms with Crippen LogP contribution in [0, 0.1) is 0 Å². The molecule has 13 heavy (non-hydrogen) atoms. The van der Waals surface area contributed by atoms with Gasteiger partial charge in [0.05, 0.1) is 17.3 Å². The summed E-state index contributed by atoms with van der Waals surface area (Å²) in [4.78, 5) is 0. The van der Waals surface area contributed by atoms with Crippen molar-refractivity contribution < 1.29 is 4.74 Å². The Morgan fingerprint density at radius 2 is 2.31 bits per heavy atom. The van der Waals surface area contributed by atoms with Crippen molar-refractivity contribution in [3.63, 3.8) is 0 Å². The number of anilines is 1. The summed E-state index contributed by atoms with van der Waals surface area (Å²) in [6, 6.07) is 4.19. The molecule has 0 unspecified atom stereocenters. The number of fused-ring (bicyclic) bond motifs is 1. The zero-order valence-corrected chi connectivity index (χ0v) is 9.15. The Balaban J connectivity index is 2.52. The second-order valence-electron chi connectivity index (χ2n) is 3.15. The minimum atomic E-state index is 0.928. The molecule has 0 amide bonds. The Bertz CT molecular complexity index is 325. The summed E-state index contributed by atoms with van der Waals surface area (Å²) in [5.41, 5.74) is 2.51. The Morgan fingerprint density at radius 1 is 1.46 bits per heavy atom. The van der Waals surface area contributed by atoms with Gasteiger partial charge in [0, 0.05) is 6.54 Å². The molecule has 0 aliphatic carbocycles. The van der Waals surface area contributed by atoms with Crippen molar-refractivity contribution in [1.29, 1.82) is 0 Å². The highest BCUT2D eigenvalue weighted by atomic mass is 79.9. The van der Waals surface area contributed by atoms with E-state index in [0.29, 0.717) is 0 Å². The largest absolute Gasteiger partial charge is 0.493 e. The van der Waals surface area contributed by atoms with Crippen LogP contribution in [0.5, 0.6) is 5.75 Å². The third kappa shape index (κ3) is 1.53. The fourth-order valence-electron chi connectivity index (χ4n) is 1.69. The first-order valence-corrected chi connectivity index (χ1v) is 5.21. The first-order chi connectivity index (χ1) is 6.33. The van der Waals surface area contributed by atoms with E-state index in [0.717, 1.165) is 28.9 Å². The van der Waals surface area contributed by atoms with Crippen LogP contribution in [-0.2, 0) is 6.42 Å². The highest BCUT2D eigenvalue weighted by molar-refractivity contribution is 9.10. The van der Waals surface area contributed by atoms with Crippen LogP contribution in [0.1, 0.15) is 12.0 Å². The van der Waals surface area contributed by atoms with Gasteiger partial charge in [0.15, 0.2) is 5.75 Å². The summed E-state index contributed by atoms with van der Waals surface area (Å²) in [5.74, 6) is 0.928. The Hall–Kier alpha value is -0.700. The van der Waals surface area contributed by atoms with Gasteiger partial charge in [-0.25, -0.2) is 0 Å². The molecule has 0 aromatic heterocycles. The molecule has 70 valence electrons. The molecule has 1 aromatic carbocycles. The van der Waals surface area contributed by atoms with Crippen molar-refractivity contribution in [2.75, 3.05) is 19.0 Å². The maximum atomic E-state index is 5.33. The maximum Gasteiger partial charge on any atom is 0.156 e. The highest BCUT2D eigenvalue weighted by Gasteiger charge is 2.15. The van der Waals surface area contributed by atoms with Gasteiger partial charge in [-0.05, 0) is 40.4 Å². The van der Waals surface area contributed by atoms with Gasteiger partial charge in [0.1, 0.15) is 0 Å². The Kier molecular flexibility index (Phi) is 2.44. The van der Waals surface area contributed by atoms with Gasteiger partial charge in [-0.1, -0.05) is 6.07 Å². The molecule has 0 bridgehead atoms. The number of halogens is 1. The van der Waals surface area contributed by atoms with Crippen LogP contribution in [0.25, 0.3) is 0 Å². The lowest BCUT2D eigenvalue weighted by atomic mass is 10.0. The summed E-state index contributed by atoms with van der Waals surface area (Å²) in [7, 11) is 1.71. The molecule has 1 aromatic rings. The topological polar surface area (TPSA) is 21.3 Å². The lowest BCUT2D eigenvalue weighted by molar-refractivity contribution is 0.412. The van der Waals surface area contributed by atoms with Gasteiger partial charge in [0.25, 0.3) is 0 Å². The van der Waals surface area contributed by atoms with Crippen molar-refractivity contribution in [1.82, 2.24) is 0 Å². The average Bonchev–Trinajstić information content (AvgIpc) is 2.18. The van der Waals surface area contributed by atoms with Gasteiger partial charge < -0.3 is 10.1 Å². The molecule has 1 aliphatic rings. The summed E-state index contributed by atoms with van der Waals surface area (Å²) < 4.78 is 6.35. The van der Waals surface area contributed by atoms with E-state index < -0.39 is 0 Å². The molecule has 1 N–H and O–H groups in total. The summed E-state index contributed by atoms with van der Waals surface area (Å²) >= 11 is 3.47. The second kappa shape index (κ2) is 3.58. The van der Waals surface area contributed by atoms with E-state index in [9.17, 15) is 0 Å². The molecule has 1 aliphatic heterocycles. The first-order valence-electron chi connectivity index (χ1n) is 4.42. The number of rotatable bonds is 1. The van der Waals surface area contributed by atoms with Crippen molar-refractivity contribution in [2.45, 2.75) is 12.8 Å². The predicted molar refractivity (Wildman–Crippen MR) is 57.5 cm³/mol. The van der Waals surface area contributed by atoms with Crippen LogP contribution < -0.4 is 10.1 Å². The zero-order valence-electron chi connectivity index (χ0n) is 7.56. The number of hydrogen-bond donors (Lipinski definition) is 1. The standard InChI is InChI=1S/C10H12BrNO/c1-13-10-8(11)5-4-7-3-2-6-12-9(7)10/h4-5,12H,2-3,6H2,1H3. The van der Waals surface area contributed by atoms with E-state index in [2.05, 4.69) is 27.3 Å². The molecule has 0 saturated carbocycles. The van der Waals surface area contributed by atoms with Crippen LogP contribution in [-0.4, -0.2) is 13.7 Å². The Morgan fingerprint density at radius 3 is 3.08 bits per heavy atom. The van der Waals surface area contributed by atoms with E-state index in [1.165, 1.54) is 12.0 Å². The second-order valence-corrected chi connectivity index (χ2v) is 4.00. The number of aryl methyl sites for hydroxylation is 1. The fourth-order valence-corrected chi connectivity index (χ4v) is 2.18. The van der Waals surface area contributed by atoms with E-state index in [1.807, 2.05) is 6.07 Å². The number of benzene rings is 1. The third-order valence-corrected chi connectivity index (χ3v) is 2.95. The minimum absolute atomic E-state index is 0.928. The normalized spacial score (nSPS) is 14.6. The molecule has 2 nitrogen and oxygen atoms in total. The summed E-state index contributed by atoms with van der Waals surface area (Å²) in [6.07, 6.45) is 2.35. The minimum Gasteiger partial charge on any atom is -0.493 e. The lowest BCUT2D eigenvalue weighted by Gasteiger charge is -2.21. The van der Waals surface area contributed by atoms with E-state index in [1.54, 1.807) is 7.11 Å². The monoisotopic (exact) mass is 241 g/mol. The molecule has 1 heterocycles. The molecular formula is C10H12BrNO. The van der Waals surface area contributed by atoms with Crippen LogP contribution in [0.2, 0.25) is 0 Å². The molecule has 3 heteroatoms. The highest BCUT2D eigenvalue weighted by Crippen LogP contribution is 2.37. The quantitative estimate of drug-likeness (QED) is 0.817. The predicted octanol–water partition coefficient (Wildman–Crippen LogP) is 2.82. The number of ether oxygens (including phenoxy) is 1. The number of nitrogens with one attached hydrogen (secondary N) is 1. The van der Waals surface area contributed by atoms with Crippen molar-refractivity contribution in [2.24, 2.45) is 0 Å². The lowest BCUT2D eigenvalue weighted by Crippen LogP contribution is -2.12. The molecule has 0 atom stereocenters. The van der Waals surface area contributed by atoms with Crippen molar-refractivity contribution >= 4 is 21.6 Å². The van der Waals surface area contributed by atoms with Gasteiger partial charge in [-0.15, -0.1) is 0 Å². The first kappa shape index (κ1) is 8.88. The maximum absolute atomic E-state index is 5.33. The van der Waals surface area contributed by atoms with E-state index >= 15 is 0 Å². The fraction of sp³-hybridized carbons (Fsp3) is 0.400. The molecule has 0 spiro atoms. The molecule has 2 rings (SSSR count). The van der Waals surface area contributed by atoms with Gasteiger partial charge >= 0.3 is 0 Å². The smallest absolute Gasteiger partial charge is 0.156 e. The SMILES string of the molecule is COc1c(Br)ccc2c1NCCC2. The van der Waals surface area contributed by atoms with Gasteiger partial charge in [-0.2, -0.15) is 0 Å². The molecule has 0 saturated heterocycles. The van der Waals surface area contributed by atoms with Gasteiger partial charge in [0.2, 0.25) is 0 Å². The van der Waals surface area contributed by atoms with Crippen LogP contribution in [0.3, 0.4) is 0 Å². The number of methoxy groups -OCH3 is 1. The molecule has 0 fully saturated rings. The Labute approximate surface area is 86.4 Å². The average molecular weight is 242 g/mol. The molecular weight excluding hydrogens is 230 g/mol. The van der Waals surface area contributed by atoms with Crippen molar-refractivity contribution in [3.8, 4) is 5.75 Å². The zero-order chi connectivity index (χ0) is 9.26. The van der Waals surface area contributed by atoms with E-state index in [-0.39, 0.29) is 0 Å². The van der Waals surface area contributed by atoms with Crippen LogP contribution in [0.4, 0.5) is 5.69 Å². The van der Waals surface area contributed by atoms with Gasteiger partial charge in [-0.3, -0.25) is 0 Å². The number of hydrogen-bond acceptors (Lipinski definition) is 2. The third-order valence-electron chi connectivity index (χ3n) is 2.32. The summed E-state index contributed by atoms with van der Waals surface area (Å²) in [6.45, 7) is 1.04. The molecule has 0 radical (unpaired) electrons. The van der Waals surface area contributed by atoms with Crippen molar-refractivity contribution in [3.05, 3.63) is 22.2 Å².